The van der Waals surface area contributed by atoms with Crippen LogP contribution in [-0.4, -0.2) is 23.1 Å². The molecule has 2 rings (SSSR count). The highest BCUT2D eigenvalue weighted by Crippen LogP contribution is 2.29. The molecule has 1 heterocycles. The number of thiazole rings is 1. The third-order valence-electron chi connectivity index (χ3n) is 2.91. The first-order chi connectivity index (χ1) is 10.0. The topological polar surface area (TPSA) is 71.5 Å². The van der Waals surface area contributed by atoms with E-state index in [-0.39, 0.29) is 12.5 Å². The number of aliphatic hydroxyl groups excluding tert-OH is 1. The van der Waals surface area contributed by atoms with Crippen molar-refractivity contribution in [2.24, 2.45) is 0 Å². The first kappa shape index (κ1) is 15.8. The summed E-state index contributed by atoms with van der Waals surface area (Å²) in [4.78, 5) is 16.5. The number of aliphatic hydroxyl groups is 1. The maximum atomic E-state index is 12.3. The second-order valence-corrected chi connectivity index (χ2v) is 5.72. The minimum Gasteiger partial charge on any atom is -0.495 e. The normalized spacial score (nSPS) is 12.0. The molecular formula is C14H15ClN2O3S. The van der Waals surface area contributed by atoms with Gasteiger partial charge in [0.2, 0.25) is 5.91 Å². The van der Waals surface area contributed by atoms with Gasteiger partial charge >= 0.3 is 0 Å². The number of aromatic nitrogens is 1. The molecule has 5 nitrogen and oxygen atoms in total. The highest BCUT2D eigenvalue weighted by Gasteiger charge is 2.20. The van der Waals surface area contributed by atoms with Gasteiger partial charge in [0.15, 0.2) is 0 Å². The monoisotopic (exact) mass is 326 g/mol. The highest BCUT2D eigenvalue weighted by molar-refractivity contribution is 7.09. The molecule has 0 saturated carbocycles. The van der Waals surface area contributed by atoms with Gasteiger partial charge in [0.05, 0.1) is 31.0 Å². The predicted octanol–water partition coefficient (Wildman–Crippen LogP) is 3.04. The van der Waals surface area contributed by atoms with Crippen molar-refractivity contribution >= 4 is 34.5 Å². The number of ether oxygens (including phenoxy) is 1. The molecule has 0 spiro atoms. The van der Waals surface area contributed by atoms with Crippen LogP contribution in [0, 0.1) is 0 Å². The number of carbonyl (C=O) groups excluding carboxylic acids is 1. The molecule has 1 atom stereocenters. The van der Waals surface area contributed by atoms with E-state index in [1.165, 1.54) is 18.4 Å². The van der Waals surface area contributed by atoms with Gasteiger partial charge in [0.25, 0.3) is 0 Å². The van der Waals surface area contributed by atoms with Crippen LogP contribution in [0.15, 0.2) is 23.6 Å². The lowest BCUT2D eigenvalue weighted by Gasteiger charge is -2.13. The molecule has 0 aliphatic rings. The van der Waals surface area contributed by atoms with Crippen LogP contribution in [0.25, 0.3) is 0 Å². The number of benzene rings is 1. The summed E-state index contributed by atoms with van der Waals surface area (Å²) < 4.78 is 5.19. The SMILES string of the molecule is COc1ccc(Cl)cc1NC(=O)C(C)c1nc(CO)cs1. The number of methoxy groups -OCH3 is 1. The van der Waals surface area contributed by atoms with E-state index in [4.69, 9.17) is 21.4 Å². The van der Waals surface area contributed by atoms with Crippen molar-refractivity contribution in [2.45, 2.75) is 19.4 Å². The predicted molar refractivity (Wildman–Crippen MR) is 83.1 cm³/mol. The van der Waals surface area contributed by atoms with Gasteiger partial charge in [-0.05, 0) is 25.1 Å². The van der Waals surface area contributed by atoms with Crippen LogP contribution in [-0.2, 0) is 11.4 Å². The largest absolute Gasteiger partial charge is 0.495 e. The molecule has 0 fully saturated rings. The van der Waals surface area contributed by atoms with E-state index in [1.807, 2.05) is 0 Å². The first-order valence-electron chi connectivity index (χ1n) is 6.24. The average molecular weight is 327 g/mol. The lowest BCUT2D eigenvalue weighted by atomic mass is 10.1. The Morgan fingerprint density at radius 1 is 1.57 bits per heavy atom. The van der Waals surface area contributed by atoms with E-state index in [1.54, 1.807) is 30.5 Å². The fraction of sp³-hybridized carbons (Fsp3) is 0.286. The number of amides is 1. The van der Waals surface area contributed by atoms with Crippen LogP contribution in [0.2, 0.25) is 5.02 Å². The van der Waals surface area contributed by atoms with E-state index in [0.29, 0.717) is 27.2 Å². The number of halogens is 1. The smallest absolute Gasteiger partial charge is 0.234 e. The number of anilines is 1. The van der Waals surface area contributed by atoms with Crippen LogP contribution in [0.3, 0.4) is 0 Å². The quantitative estimate of drug-likeness (QED) is 0.886. The van der Waals surface area contributed by atoms with Gasteiger partial charge < -0.3 is 15.2 Å². The average Bonchev–Trinajstić information content (AvgIpc) is 2.95. The summed E-state index contributed by atoms with van der Waals surface area (Å²) in [6.45, 7) is 1.62. The van der Waals surface area contributed by atoms with Crippen molar-refractivity contribution in [1.29, 1.82) is 0 Å². The summed E-state index contributed by atoms with van der Waals surface area (Å²) in [6, 6.07) is 5.01. The zero-order valence-electron chi connectivity index (χ0n) is 11.6. The summed E-state index contributed by atoms with van der Waals surface area (Å²) in [5.74, 6) is -0.108. The Labute approximate surface area is 131 Å². The van der Waals surface area contributed by atoms with Crippen molar-refractivity contribution in [1.82, 2.24) is 4.98 Å². The second kappa shape index (κ2) is 6.89. The lowest BCUT2D eigenvalue weighted by molar-refractivity contribution is -0.117. The third-order valence-corrected chi connectivity index (χ3v) is 4.23. The number of nitrogens with zero attached hydrogens (tertiary/aromatic N) is 1. The van der Waals surface area contributed by atoms with Crippen LogP contribution < -0.4 is 10.1 Å². The third kappa shape index (κ3) is 3.72. The number of nitrogens with one attached hydrogen (secondary N) is 1. The summed E-state index contributed by atoms with van der Waals surface area (Å²) in [5.41, 5.74) is 1.08. The summed E-state index contributed by atoms with van der Waals surface area (Å²) in [6.07, 6.45) is 0. The van der Waals surface area contributed by atoms with Gasteiger partial charge in [0.1, 0.15) is 10.8 Å². The molecule has 0 aliphatic heterocycles. The molecule has 1 unspecified atom stereocenters. The van der Waals surface area contributed by atoms with Crippen LogP contribution >= 0.6 is 22.9 Å². The first-order valence-corrected chi connectivity index (χ1v) is 7.50. The van der Waals surface area contributed by atoms with Crippen LogP contribution in [0.1, 0.15) is 23.5 Å². The summed E-state index contributed by atoms with van der Waals surface area (Å²) >= 11 is 7.28. The van der Waals surface area contributed by atoms with Crippen molar-refractivity contribution in [3.05, 3.63) is 39.3 Å². The molecule has 0 saturated heterocycles. The Hall–Kier alpha value is -1.63. The molecule has 1 amide bonds. The Morgan fingerprint density at radius 2 is 2.33 bits per heavy atom. The maximum absolute atomic E-state index is 12.3. The standard InChI is InChI=1S/C14H15ClN2O3S/c1-8(14-16-10(6-18)7-21-14)13(19)17-11-5-9(15)3-4-12(11)20-2/h3-5,7-8,18H,6H2,1-2H3,(H,17,19). The number of carbonyl (C=O) groups is 1. The minimum atomic E-state index is -0.431. The zero-order valence-corrected chi connectivity index (χ0v) is 13.2. The van der Waals surface area contributed by atoms with Gasteiger partial charge in [-0.3, -0.25) is 4.79 Å². The molecule has 7 heteroatoms. The Morgan fingerprint density at radius 3 is 2.95 bits per heavy atom. The highest BCUT2D eigenvalue weighted by atomic mass is 35.5. The molecule has 1 aromatic heterocycles. The Balaban J connectivity index is 2.15. The van der Waals surface area contributed by atoms with Crippen molar-refractivity contribution in [3.63, 3.8) is 0 Å². The van der Waals surface area contributed by atoms with Crippen molar-refractivity contribution < 1.29 is 14.6 Å². The molecule has 21 heavy (non-hydrogen) atoms. The molecule has 0 aliphatic carbocycles. The maximum Gasteiger partial charge on any atom is 0.234 e. The van der Waals surface area contributed by atoms with E-state index in [2.05, 4.69) is 10.3 Å². The number of rotatable bonds is 5. The molecule has 0 bridgehead atoms. The fourth-order valence-electron chi connectivity index (χ4n) is 1.73. The molecule has 2 N–H and O–H groups in total. The van der Waals surface area contributed by atoms with E-state index >= 15 is 0 Å². The van der Waals surface area contributed by atoms with Gasteiger partial charge in [-0.1, -0.05) is 11.6 Å². The molecular weight excluding hydrogens is 312 g/mol. The summed E-state index contributed by atoms with van der Waals surface area (Å²) in [5, 5.41) is 14.7. The molecule has 0 radical (unpaired) electrons. The Bertz CT molecular complexity index is 645. The van der Waals surface area contributed by atoms with Crippen molar-refractivity contribution in [3.8, 4) is 5.75 Å². The van der Waals surface area contributed by atoms with Gasteiger partial charge in [-0.25, -0.2) is 4.98 Å². The van der Waals surface area contributed by atoms with Gasteiger partial charge in [0, 0.05) is 10.4 Å². The molecule has 2 aromatic rings. The minimum absolute atomic E-state index is 0.132. The van der Waals surface area contributed by atoms with Crippen LogP contribution in [0.5, 0.6) is 5.75 Å². The van der Waals surface area contributed by atoms with Crippen molar-refractivity contribution in [2.75, 3.05) is 12.4 Å². The zero-order chi connectivity index (χ0) is 15.4. The summed E-state index contributed by atoms with van der Waals surface area (Å²) in [7, 11) is 1.52. The van der Waals surface area contributed by atoms with E-state index in [0.717, 1.165) is 0 Å². The number of hydrogen-bond acceptors (Lipinski definition) is 5. The Kier molecular flexibility index (Phi) is 5.17. The van der Waals surface area contributed by atoms with E-state index in [9.17, 15) is 4.79 Å². The van der Waals surface area contributed by atoms with E-state index < -0.39 is 5.92 Å². The number of hydrogen-bond donors (Lipinski definition) is 2. The lowest BCUT2D eigenvalue weighted by Crippen LogP contribution is -2.19. The molecule has 1 aromatic carbocycles. The molecule has 112 valence electrons. The fourth-order valence-corrected chi connectivity index (χ4v) is 2.76. The van der Waals surface area contributed by atoms with Gasteiger partial charge in [-0.15, -0.1) is 11.3 Å². The van der Waals surface area contributed by atoms with Crippen LogP contribution in [0.4, 0.5) is 5.69 Å². The second-order valence-electron chi connectivity index (χ2n) is 4.39. The van der Waals surface area contributed by atoms with Gasteiger partial charge in [-0.2, -0.15) is 0 Å².